The van der Waals surface area contributed by atoms with E-state index in [1.54, 1.807) is 0 Å². The van der Waals surface area contributed by atoms with Crippen LogP contribution in [0.4, 0.5) is 11.4 Å². The number of anilines is 2. The van der Waals surface area contributed by atoms with Crippen LogP contribution in [0.15, 0.2) is 77.7 Å². The van der Waals surface area contributed by atoms with Crippen molar-refractivity contribution in [2.75, 3.05) is 10.6 Å². The first-order chi connectivity index (χ1) is 16.5. The standard InChI is InChI=1S/C29H32N2O2S/c1-20-11-9-18-26(21(20)2)31-29(33)27(22-12-5-3-6-13-22)34-25-17-10-16-24(19-25)30-28(32)23-14-7-4-8-15-23/h3,5-6,9-13,16-19,23,27H,4,7-8,14-15H2,1-2H3,(H,30,32)(H,31,33). The van der Waals surface area contributed by atoms with Gasteiger partial charge >= 0.3 is 0 Å². The van der Waals surface area contributed by atoms with Crippen LogP contribution in [0.2, 0.25) is 0 Å². The molecule has 2 amide bonds. The Morgan fingerprint density at radius 3 is 2.35 bits per heavy atom. The van der Waals surface area contributed by atoms with Gasteiger partial charge in [-0.15, -0.1) is 11.8 Å². The zero-order chi connectivity index (χ0) is 23.9. The molecule has 1 fully saturated rings. The van der Waals surface area contributed by atoms with Crippen LogP contribution >= 0.6 is 11.8 Å². The zero-order valence-electron chi connectivity index (χ0n) is 19.8. The third-order valence-electron chi connectivity index (χ3n) is 6.53. The van der Waals surface area contributed by atoms with Gasteiger partial charge in [0.15, 0.2) is 0 Å². The van der Waals surface area contributed by atoms with Crippen LogP contribution in [-0.2, 0) is 9.59 Å². The van der Waals surface area contributed by atoms with E-state index in [1.165, 1.54) is 18.2 Å². The summed E-state index contributed by atoms with van der Waals surface area (Å²) in [4.78, 5) is 27.1. The average molecular weight is 473 g/mol. The molecule has 0 aromatic heterocycles. The lowest BCUT2D eigenvalue weighted by Crippen LogP contribution is -2.24. The second kappa shape index (κ2) is 11.4. The Hall–Kier alpha value is -3.05. The van der Waals surface area contributed by atoms with E-state index in [1.807, 2.05) is 86.6 Å². The Labute approximate surface area is 206 Å². The second-order valence-electron chi connectivity index (χ2n) is 9.00. The number of thioether (sulfide) groups is 1. The number of benzene rings is 3. The molecule has 3 aromatic rings. The molecule has 3 aromatic carbocycles. The predicted molar refractivity (Wildman–Crippen MR) is 141 cm³/mol. The number of aryl methyl sites for hydroxylation is 1. The molecule has 34 heavy (non-hydrogen) atoms. The number of nitrogens with one attached hydrogen (secondary N) is 2. The number of hydrogen-bond donors (Lipinski definition) is 2. The molecular weight excluding hydrogens is 440 g/mol. The van der Waals surface area contributed by atoms with Crippen LogP contribution in [-0.4, -0.2) is 11.8 Å². The maximum atomic E-state index is 13.4. The lowest BCUT2D eigenvalue weighted by atomic mass is 9.88. The van der Waals surface area contributed by atoms with Crippen molar-refractivity contribution in [1.29, 1.82) is 0 Å². The first-order valence-corrected chi connectivity index (χ1v) is 12.9. The summed E-state index contributed by atoms with van der Waals surface area (Å²) >= 11 is 1.49. The number of hydrogen-bond acceptors (Lipinski definition) is 3. The van der Waals surface area contributed by atoms with E-state index in [2.05, 4.69) is 10.6 Å². The number of rotatable bonds is 7. The second-order valence-corrected chi connectivity index (χ2v) is 10.2. The van der Waals surface area contributed by atoms with Gasteiger partial charge in [0.05, 0.1) is 0 Å². The summed E-state index contributed by atoms with van der Waals surface area (Å²) in [6, 6.07) is 23.6. The Balaban J connectivity index is 1.52. The molecule has 0 saturated heterocycles. The van der Waals surface area contributed by atoms with Crippen molar-refractivity contribution in [1.82, 2.24) is 0 Å². The minimum atomic E-state index is -0.426. The van der Waals surface area contributed by atoms with Crippen LogP contribution < -0.4 is 10.6 Å². The molecule has 1 aliphatic carbocycles. The molecule has 1 aliphatic rings. The van der Waals surface area contributed by atoms with Crippen LogP contribution in [0.5, 0.6) is 0 Å². The fourth-order valence-corrected chi connectivity index (χ4v) is 5.46. The first kappa shape index (κ1) is 24.1. The van der Waals surface area contributed by atoms with Gasteiger partial charge in [0.1, 0.15) is 5.25 Å². The lowest BCUT2D eigenvalue weighted by Gasteiger charge is -2.21. The average Bonchev–Trinajstić information content (AvgIpc) is 2.86. The zero-order valence-corrected chi connectivity index (χ0v) is 20.7. The molecule has 0 bridgehead atoms. The molecule has 0 heterocycles. The van der Waals surface area contributed by atoms with Gasteiger partial charge in [0.25, 0.3) is 0 Å². The SMILES string of the molecule is Cc1cccc(NC(=O)C(Sc2cccc(NC(=O)C3CCCCC3)c2)c2ccccc2)c1C. The van der Waals surface area contributed by atoms with Gasteiger partial charge in [-0.05, 0) is 67.6 Å². The molecule has 0 aliphatic heterocycles. The molecule has 1 atom stereocenters. The van der Waals surface area contributed by atoms with Crippen molar-refractivity contribution in [3.8, 4) is 0 Å². The minimum Gasteiger partial charge on any atom is -0.326 e. The molecule has 1 unspecified atom stereocenters. The maximum Gasteiger partial charge on any atom is 0.242 e. The fraction of sp³-hybridized carbons (Fsp3) is 0.310. The molecule has 0 spiro atoms. The lowest BCUT2D eigenvalue weighted by molar-refractivity contribution is -0.120. The van der Waals surface area contributed by atoms with Crippen molar-refractivity contribution in [3.63, 3.8) is 0 Å². The molecular formula is C29H32N2O2S. The molecule has 4 rings (SSSR count). The van der Waals surface area contributed by atoms with Gasteiger partial charge in [-0.25, -0.2) is 0 Å². The van der Waals surface area contributed by atoms with E-state index in [0.717, 1.165) is 58.6 Å². The van der Waals surface area contributed by atoms with Crippen LogP contribution in [0, 0.1) is 19.8 Å². The summed E-state index contributed by atoms with van der Waals surface area (Å²) in [5.41, 5.74) is 4.76. The van der Waals surface area contributed by atoms with E-state index >= 15 is 0 Å². The van der Waals surface area contributed by atoms with E-state index in [0.29, 0.717) is 0 Å². The maximum absolute atomic E-state index is 13.4. The van der Waals surface area contributed by atoms with Crippen LogP contribution in [0.1, 0.15) is 54.0 Å². The van der Waals surface area contributed by atoms with E-state index in [-0.39, 0.29) is 17.7 Å². The van der Waals surface area contributed by atoms with Crippen molar-refractivity contribution in [3.05, 3.63) is 89.5 Å². The van der Waals surface area contributed by atoms with E-state index in [9.17, 15) is 9.59 Å². The normalized spacial score (nSPS) is 14.9. The Morgan fingerprint density at radius 1 is 0.853 bits per heavy atom. The Bertz CT molecular complexity index is 1140. The topological polar surface area (TPSA) is 58.2 Å². The van der Waals surface area contributed by atoms with Crippen LogP contribution in [0.25, 0.3) is 0 Å². The summed E-state index contributed by atoms with van der Waals surface area (Å²) in [5.74, 6) is 0.140. The third-order valence-corrected chi connectivity index (χ3v) is 7.78. The van der Waals surface area contributed by atoms with E-state index < -0.39 is 5.25 Å². The molecule has 1 saturated carbocycles. The van der Waals surface area contributed by atoms with Crippen molar-refractivity contribution in [2.45, 2.75) is 56.1 Å². The monoisotopic (exact) mass is 472 g/mol. The summed E-state index contributed by atoms with van der Waals surface area (Å²) < 4.78 is 0. The molecule has 2 N–H and O–H groups in total. The summed E-state index contributed by atoms with van der Waals surface area (Å²) in [6.07, 6.45) is 5.41. The van der Waals surface area contributed by atoms with Gasteiger partial charge in [0.2, 0.25) is 11.8 Å². The highest BCUT2D eigenvalue weighted by molar-refractivity contribution is 8.00. The van der Waals surface area contributed by atoms with Gasteiger partial charge in [-0.3, -0.25) is 9.59 Å². The highest BCUT2D eigenvalue weighted by Gasteiger charge is 2.24. The van der Waals surface area contributed by atoms with Gasteiger partial charge < -0.3 is 10.6 Å². The van der Waals surface area contributed by atoms with Crippen molar-refractivity contribution < 1.29 is 9.59 Å². The Kier molecular flexibility index (Phi) is 8.07. The third kappa shape index (κ3) is 6.09. The smallest absolute Gasteiger partial charge is 0.242 e. The van der Waals surface area contributed by atoms with Crippen molar-refractivity contribution in [2.24, 2.45) is 5.92 Å². The van der Waals surface area contributed by atoms with Crippen molar-refractivity contribution >= 4 is 35.0 Å². The van der Waals surface area contributed by atoms with E-state index in [4.69, 9.17) is 0 Å². The predicted octanol–water partition coefficient (Wildman–Crippen LogP) is 7.29. The van der Waals surface area contributed by atoms with Gasteiger partial charge in [-0.1, -0.05) is 67.8 Å². The summed E-state index contributed by atoms with van der Waals surface area (Å²) in [5, 5.41) is 5.80. The number of carbonyl (C=O) groups excluding carboxylic acids is 2. The minimum absolute atomic E-state index is 0.0680. The Morgan fingerprint density at radius 2 is 1.59 bits per heavy atom. The molecule has 4 nitrogen and oxygen atoms in total. The highest BCUT2D eigenvalue weighted by atomic mass is 32.2. The molecule has 0 radical (unpaired) electrons. The van der Waals surface area contributed by atoms with Gasteiger partial charge in [0, 0.05) is 22.2 Å². The largest absolute Gasteiger partial charge is 0.326 e. The van der Waals surface area contributed by atoms with Gasteiger partial charge in [-0.2, -0.15) is 0 Å². The number of amides is 2. The number of carbonyl (C=O) groups is 2. The summed E-state index contributed by atoms with van der Waals surface area (Å²) in [7, 11) is 0. The summed E-state index contributed by atoms with van der Waals surface area (Å²) in [6.45, 7) is 4.07. The highest BCUT2D eigenvalue weighted by Crippen LogP contribution is 2.37. The van der Waals surface area contributed by atoms with Crippen LogP contribution in [0.3, 0.4) is 0 Å². The fourth-order valence-electron chi connectivity index (χ4n) is 4.38. The molecule has 176 valence electrons. The first-order valence-electron chi connectivity index (χ1n) is 12.0. The quantitative estimate of drug-likeness (QED) is 0.355. The molecule has 5 heteroatoms.